The number of carbonyl (C=O) groups is 1. The average molecular weight is 329 g/mol. The van der Waals surface area contributed by atoms with Gasteiger partial charge in [0.2, 0.25) is 5.91 Å². The number of H-pyrrole nitrogens is 1. The van der Waals surface area contributed by atoms with Crippen LogP contribution in [0.3, 0.4) is 0 Å². The Morgan fingerprint density at radius 3 is 2.59 bits per heavy atom. The van der Waals surface area contributed by atoms with Crippen molar-refractivity contribution in [1.82, 2.24) is 9.97 Å². The van der Waals surface area contributed by atoms with Gasteiger partial charge in [-0.2, -0.15) is 13.2 Å². The van der Waals surface area contributed by atoms with E-state index in [4.69, 9.17) is 0 Å². The third-order valence-electron chi connectivity index (χ3n) is 2.41. The molecule has 0 spiro atoms. The van der Waals surface area contributed by atoms with Crippen LogP contribution in [0.15, 0.2) is 46.3 Å². The van der Waals surface area contributed by atoms with Gasteiger partial charge < -0.3 is 10.3 Å². The summed E-state index contributed by atoms with van der Waals surface area (Å²) in [6.07, 6.45) is -4.71. The van der Waals surface area contributed by atoms with Gasteiger partial charge in [0.05, 0.1) is 5.75 Å². The summed E-state index contributed by atoms with van der Waals surface area (Å²) < 4.78 is 37.6. The summed E-state index contributed by atoms with van der Waals surface area (Å²) in [4.78, 5) is 28.3. The van der Waals surface area contributed by atoms with Crippen molar-refractivity contribution in [3.8, 4) is 0 Å². The van der Waals surface area contributed by atoms with Crippen LogP contribution in [0.5, 0.6) is 0 Å². The average Bonchev–Trinajstić information content (AvgIpc) is 2.45. The highest BCUT2D eigenvalue weighted by molar-refractivity contribution is 7.99. The lowest BCUT2D eigenvalue weighted by molar-refractivity contribution is -0.141. The van der Waals surface area contributed by atoms with E-state index in [2.05, 4.69) is 15.3 Å². The highest BCUT2D eigenvalue weighted by Gasteiger charge is 2.33. The van der Waals surface area contributed by atoms with Gasteiger partial charge in [-0.3, -0.25) is 9.59 Å². The number of thioether (sulfide) groups is 1. The zero-order chi connectivity index (χ0) is 16.2. The number of alkyl halides is 3. The van der Waals surface area contributed by atoms with Crippen LogP contribution >= 0.6 is 11.8 Å². The maximum absolute atomic E-state index is 12.5. The Labute approximate surface area is 127 Å². The molecule has 0 saturated carbocycles. The summed E-state index contributed by atoms with van der Waals surface area (Å²) in [7, 11) is 0. The summed E-state index contributed by atoms with van der Waals surface area (Å²) in [5, 5.41) is 2.31. The maximum atomic E-state index is 12.5. The molecule has 0 fully saturated rings. The molecule has 1 heterocycles. The highest BCUT2D eigenvalue weighted by Crippen LogP contribution is 2.27. The molecule has 2 rings (SSSR count). The van der Waals surface area contributed by atoms with Gasteiger partial charge in [0.25, 0.3) is 5.56 Å². The highest BCUT2D eigenvalue weighted by atomic mass is 32.2. The standard InChI is InChI=1S/C13H10F3N3O2S/c14-13(15,16)9-6-10(20)19-12(18-9)22-7-11(21)17-8-4-2-1-3-5-8/h1-6H,7H2,(H,17,21)(H,18,19,20). The van der Waals surface area contributed by atoms with Crippen molar-refractivity contribution in [1.29, 1.82) is 0 Å². The van der Waals surface area contributed by atoms with Gasteiger partial charge in [0.15, 0.2) is 10.9 Å². The first-order valence-electron chi connectivity index (χ1n) is 6.01. The van der Waals surface area contributed by atoms with Crippen LogP contribution in [0, 0.1) is 0 Å². The Hall–Kier alpha value is -2.29. The van der Waals surface area contributed by atoms with E-state index >= 15 is 0 Å². The number of hydrogen-bond acceptors (Lipinski definition) is 4. The molecule has 0 aliphatic heterocycles. The van der Waals surface area contributed by atoms with E-state index in [1.54, 1.807) is 30.3 Å². The first kappa shape index (κ1) is 16.1. The van der Waals surface area contributed by atoms with Gasteiger partial charge in [-0.05, 0) is 12.1 Å². The largest absolute Gasteiger partial charge is 0.433 e. The minimum absolute atomic E-state index is 0.181. The number of carbonyl (C=O) groups excluding carboxylic acids is 1. The Morgan fingerprint density at radius 1 is 1.27 bits per heavy atom. The molecule has 1 amide bonds. The molecule has 0 bridgehead atoms. The number of benzene rings is 1. The van der Waals surface area contributed by atoms with Crippen molar-refractivity contribution in [2.75, 3.05) is 11.1 Å². The van der Waals surface area contributed by atoms with Crippen LogP contribution in [-0.4, -0.2) is 21.6 Å². The zero-order valence-corrected chi connectivity index (χ0v) is 11.8. The summed E-state index contributed by atoms with van der Waals surface area (Å²) in [5.74, 6) is -0.602. The zero-order valence-electron chi connectivity index (χ0n) is 11.0. The summed E-state index contributed by atoms with van der Waals surface area (Å²) in [6, 6.07) is 8.96. The van der Waals surface area contributed by atoms with Crippen LogP contribution in [0.2, 0.25) is 0 Å². The lowest BCUT2D eigenvalue weighted by Gasteiger charge is -2.07. The van der Waals surface area contributed by atoms with Crippen LogP contribution in [0.25, 0.3) is 0 Å². The van der Waals surface area contributed by atoms with Crippen molar-refractivity contribution in [3.05, 3.63) is 52.4 Å². The number of para-hydroxylation sites is 1. The van der Waals surface area contributed by atoms with Crippen LogP contribution in [0.1, 0.15) is 5.69 Å². The van der Waals surface area contributed by atoms with Gasteiger partial charge >= 0.3 is 6.18 Å². The molecule has 116 valence electrons. The van der Waals surface area contributed by atoms with Gasteiger partial charge in [-0.15, -0.1) is 0 Å². The summed E-state index contributed by atoms with van der Waals surface area (Å²) in [5.41, 5.74) is -1.64. The Kier molecular flexibility index (Phi) is 4.86. The normalized spacial score (nSPS) is 11.2. The second-order valence-electron chi connectivity index (χ2n) is 4.14. The first-order valence-corrected chi connectivity index (χ1v) is 6.99. The lowest BCUT2D eigenvalue weighted by atomic mass is 10.3. The predicted molar refractivity (Wildman–Crippen MR) is 75.7 cm³/mol. The molecule has 9 heteroatoms. The molecule has 5 nitrogen and oxygen atoms in total. The monoisotopic (exact) mass is 329 g/mol. The van der Waals surface area contributed by atoms with Crippen molar-refractivity contribution >= 4 is 23.4 Å². The number of hydrogen-bond donors (Lipinski definition) is 2. The van der Waals surface area contributed by atoms with E-state index in [0.717, 1.165) is 0 Å². The van der Waals surface area contributed by atoms with Gasteiger partial charge in [-0.25, -0.2) is 4.98 Å². The molecular weight excluding hydrogens is 319 g/mol. The topological polar surface area (TPSA) is 74.8 Å². The molecule has 0 atom stereocenters. The van der Waals surface area contributed by atoms with Gasteiger partial charge in [-0.1, -0.05) is 30.0 Å². The fourth-order valence-corrected chi connectivity index (χ4v) is 2.18. The van der Waals surface area contributed by atoms with Crippen molar-refractivity contribution < 1.29 is 18.0 Å². The molecule has 2 N–H and O–H groups in total. The number of aromatic nitrogens is 2. The van der Waals surface area contributed by atoms with Crippen molar-refractivity contribution in [2.24, 2.45) is 0 Å². The molecule has 0 saturated heterocycles. The number of rotatable bonds is 4. The summed E-state index contributed by atoms with van der Waals surface area (Å²) >= 11 is 0.714. The second kappa shape index (κ2) is 6.65. The SMILES string of the molecule is O=C(CSc1nc(C(F)(F)F)cc(=O)[nH]1)Nc1ccccc1. The molecule has 1 aromatic heterocycles. The van der Waals surface area contributed by atoms with Crippen molar-refractivity contribution in [2.45, 2.75) is 11.3 Å². The van der Waals surface area contributed by atoms with E-state index in [9.17, 15) is 22.8 Å². The minimum Gasteiger partial charge on any atom is -0.325 e. The molecule has 1 aromatic carbocycles. The third-order valence-corrected chi connectivity index (χ3v) is 3.28. The number of halogens is 3. The minimum atomic E-state index is -4.71. The van der Waals surface area contributed by atoms with E-state index in [1.165, 1.54) is 0 Å². The smallest absolute Gasteiger partial charge is 0.325 e. The van der Waals surface area contributed by atoms with E-state index in [1.807, 2.05) is 0 Å². The lowest BCUT2D eigenvalue weighted by Crippen LogP contribution is -2.18. The molecule has 22 heavy (non-hydrogen) atoms. The third kappa shape index (κ3) is 4.62. The van der Waals surface area contributed by atoms with E-state index in [-0.39, 0.29) is 10.9 Å². The Morgan fingerprint density at radius 2 is 1.95 bits per heavy atom. The number of nitrogens with one attached hydrogen (secondary N) is 2. The first-order chi connectivity index (χ1) is 10.3. The van der Waals surface area contributed by atoms with E-state index < -0.39 is 23.3 Å². The molecular formula is C13H10F3N3O2S. The van der Waals surface area contributed by atoms with Gasteiger partial charge in [0, 0.05) is 11.8 Å². The predicted octanol–water partition coefficient (Wildman–Crippen LogP) is 2.52. The quantitative estimate of drug-likeness (QED) is 0.668. The van der Waals surface area contributed by atoms with Gasteiger partial charge in [0.1, 0.15) is 0 Å². The number of aromatic amines is 1. The maximum Gasteiger partial charge on any atom is 0.433 e. The molecule has 0 aliphatic carbocycles. The second-order valence-corrected chi connectivity index (χ2v) is 5.10. The fraction of sp³-hybridized carbons (Fsp3) is 0.154. The van der Waals surface area contributed by atoms with Crippen LogP contribution < -0.4 is 10.9 Å². The summed E-state index contributed by atoms with van der Waals surface area (Å²) in [6.45, 7) is 0. The molecule has 0 radical (unpaired) electrons. The molecule has 2 aromatic rings. The number of anilines is 1. The van der Waals surface area contributed by atoms with Crippen LogP contribution in [-0.2, 0) is 11.0 Å². The van der Waals surface area contributed by atoms with Crippen LogP contribution in [0.4, 0.5) is 18.9 Å². The fourth-order valence-electron chi connectivity index (χ4n) is 1.50. The number of nitrogens with zero attached hydrogens (tertiary/aromatic N) is 1. The number of amides is 1. The Balaban J connectivity index is 2.01. The molecule has 0 unspecified atom stereocenters. The van der Waals surface area contributed by atoms with E-state index in [0.29, 0.717) is 23.5 Å². The van der Waals surface area contributed by atoms with Crippen molar-refractivity contribution in [3.63, 3.8) is 0 Å². The Bertz CT molecular complexity index is 716. The molecule has 0 aliphatic rings.